The van der Waals surface area contributed by atoms with Crippen LogP contribution in [0.2, 0.25) is 0 Å². The fourth-order valence-electron chi connectivity index (χ4n) is 1.67. The molecule has 0 radical (unpaired) electrons. The van der Waals surface area contributed by atoms with Crippen LogP contribution in [0.5, 0.6) is 0 Å². The van der Waals surface area contributed by atoms with Crippen LogP contribution in [0.15, 0.2) is 45.5 Å². The van der Waals surface area contributed by atoms with E-state index in [2.05, 4.69) is 42.3 Å². The number of nitrogens with one attached hydrogen (secondary N) is 1. The Morgan fingerprint density at radius 3 is 2.56 bits per heavy atom. The standard InChI is InChI=1S/C12H10Br2FN3/c13-8-4-1-3-7(10(8)15)11(18-16)12-9(14)5-2-6-17-12/h1-6,11,18H,16H2. The van der Waals surface area contributed by atoms with Gasteiger partial charge in [-0.3, -0.25) is 10.8 Å². The van der Waals surface area contributed by atoms with Gasteiger partial charge in [0.15, 0.2) is 0 Å². The molecule has 0 amide bonds. The summed E-state index contributed by atoms with van der Waals surface area (Å²) in [6, 6.07) is 8.18. The van der Waals surface area contributed by atoms with Crippen molar-refractivity contribution in [3.63, 3.8) is 0 Å². The SMILES string of the molecule is NNC(c1cccc(Br)c1F)c1ncccc1Br. The quantitative estimate of drug-likeness (QED) is 0.640. The number of halogens is 3. The summed E-state index contributed by atoms with van der Waals surface area (Å²) < 4.78 is 15.2. The highest BCUT2D eigenvalue weighted by atomic mass is 79.9. The third-order valence-corrected chi connectivity index (χ3v) is 3.80. The van der Waals surface area contributed by atoms with E-state index in [1.54, 1.807) is 30.5 Å². The Hall–Kier alpha value is -0.820. The Morgan fingerprint density at radius 2 is 1.89 bits per heavy atom. The van der Waals surface area contributed by atoms with Crippen LogP contribution < -0.4 is 11.3 Å². The summed E-state index contributed by atoms with van der Waals surface area (Å²) in [5.74, 6) is 5.18. The summed E-state index contributed by atoms with van der Waals surface area (Å²) in [6.45, 7) is 0. The maximum Gasteiger partial charge on any atom is 0.142 e. The smallest absolute Gasteiger partial charge is 0.142 e. The van der Waals surface area contributed by atoms with E-state index in [1.165, 1.54) is 0 Å². The van der Waals surface area contributed by atoms with Crippen LogP contribution in [0.3, 0.4) is 0 Å². The molecular weight excluding hydrogens is 365 g/mol. The Balaban J connectivity index is 2.53. The van der Waals surface area contributed by atoms with Crippen molar-refractivity contribution in [2.75, 3.05) is 0 Å². The molecule has 6 heteroatoms. The fraction of sp³-hybridized carbons (Fsp3) is 0.0833. The molecule has 0 saturated heterocycles. The highest BCUT2D eigenvalue weighted by Gasteiger charge is 2.21. The zero-order valence-electron chi connectivity index (χ0n) is 9.20. The largest absolute Gasteiger partial charge is 0.271 e. The molecule has 94 valence electrons. The van der Waals surface area contributed by atoms with Crippen LogP contribution in [0.25, 0.3) is 0 Å². The van der Waals surface area contributed by atoms with E-state index in [4.69, 9.17) is 5.84 Å². The van der Waals surface area contributed by atoms with E-state index < -0.39 is 6.04 Å². The van der Waals surface area contributed by atoms with Crippen molar-refractivity contribution in [3.05, 3.63) is 62.5 Å². The molecular formula is C12H10Br2FN3. The maximum atomic E-state index is 14.1. The van der Waals surface area contributed by atoms with E-state index in [1.807, 2.05) is 6.07 Å². The van der Waals surface area contributed by atoms with E-state index >= 15 is 0 Å². The normalized spacial score (nSPS) is 12.4. The second kappa shape index (κ2) is 5.88. The van der Waals surface area contributed by atoms with Gasteiger partial charge in [-0.25, -0.2) is 9.82 Å². The van der Waals surface area contributed by atoms with Crippen molar-refractivity contribution in [1.29, 1.82) is 0 Å². The van der Waals surface area contributed by atoms with Gasteiger partial charge in [0.1, 0.15) is 5.82 Å². The summed E-state index contributed by atoms with van der Waals surface area (Å²) in [4.78, 5) is 4.23. The summed E-state index contributed by atoms with van der Waals surface area (Å²) >= 11 is 6.54. The van der Waals surface area contributed by atoms with Gasteiger partial charge in [0.05, 0.1) is 16.2 Å². The highest BCUT2D eigenvalue weighted by Crippen LogP contribution is 2.30. The molecule has 0 fully saturated rings. The van der Waals surface area contributed by atoms with Gasteiger partial charge in [-0.1, -0.05) is 12.1 Å². The van der Waals surface area contributed by atoms with E-state index in [0.717, 1.165) is 4.47 Å². The van der Waals surface area contributed by atoms with E-state index in [-0.39, 0.29) is 5.82 Å². The molecule has 18 heavy (non-hydrogen) atoms. The van der Waals surface area contributed by atoms with Crippen LogP contribution in [0.4, 0.5) is 4.39 Å². The number of benzene rings is 1. The van der Waals surface area contributed by atoms with Crippen molar-refractivity contribution in [2.45, 2.75) is 6.04 Å². The van der Waals surface area contributed by atoms with Gasteiger partial charge in [0.25, 0.3) is 0 Å². The molecule has 1 aromatic heterocycles. The van der Waals surface area contributed by atoms with Gasteiger partial charge in [0.2, 0.25) is 0 Å². The minimum atomic E-state index is -0.516. The number of hydrogen-bond donors (Lipinski definition) is 2. The number of hydrogen-bond acceptors (Lipinski definition) is 3. The zero-order chi connectivity index (χ0) is 13.1. The monoisotopic (exact) mass is 373 g/mol. The molecule has 3 nitrogen and oxygen atoms in total. The molecule has 1 aromatic carbocycles. The van der Waals surface area contributed by atoms with Gasteiger partial charge in [-0.05, 0) is 50.1 Å². The summed E-state index contributed by atoms with van der Waals surface area (Å²) in [6.07, 6.45) is 1.64. The van der Waals surface area contributed by atoms with Crippen molar-refractivity contribution in [1.82, 2.24) is 10.4 Å². The summed E-state index contributed by atoms with van der Waals surface area (Å²) in [7, 11) is 0. The average molecular weight is 375 g/mol. The van der Waals surface area contributed by atoms with Crippen LogP contribution in [0, 0.1) is 5.82 Å². The van der Waals surface area contributed by atoms with Gasteiger partial charge in [-0.15, -0.1) is 0 Å². The molecule has 0 aliphatic carbocycles. The van der Waals surface area contributed by atoms with E-state index in [9.17, 15) is 4.39 Å². The summed E-state index contributed by atoms with van der Waals surface area (Å²) in [5, 5.41) is 0. The van der Waals surface area contributed by atoms with Crippen LogP contribution in [-0.2, 0) is 0 Å². The second-order valence-corrected chi connectivity index (χ2v) is 5.32. The van der Waals surface area contributed by atoms with Crippen LogP contribution in [-0.4, -0.2) is 4.98 Å². The molecule has 0 aliphatic heterocycles. The number of rotatable bonds is 3. The Morgan fingerprint density at radius 1 is 1.17 bits per heavy atom. The minimum Gasteiger partial charge on any atom is -0.271 e. The predicted molar refractivity (Wildman–Crippen MR) is 75.2 cm³/mol. The first-order chi connectivity index (χ1) is 8.65. The van der Waals surface area contributed by atoms with Gasteiger partial charge < -0.3 is 0 Å². The minimum absolute atomic E-state index is 0.349. The molecule has 1 atom stereocenters. The Bertz CT molecular complexity index is 563. The van der Waals surface area contributed by atoms with Crippen LogP contribution >= 0.6 is 31.9 Å². The highest BCUT2D eigenvalue weighted by molar-refractivity contribution is 9.10. The lowest BCUT2D eigenvalue weighted by Crippen LogP contribution is -2.30. The summed E-state index contributed by atoms with van der Waals surface area (Å²) in [5.41, 5.74) is 3.66. The number of hydrazine groups is 1. The lowest BCUT2D eigenvalue weighted by Gasteiger charge is -2.18. The second-order valence-electron chi connectivity index (χ2n) is 3.61. The number of nitrogens with zero attached hydrogens (tertiary/aromatic N) is 1. The third kappa shape index (κ3) is 2.61. The van der Waals surface area contributed by atoms with Gasteiger partial charge >= 0.3 is 0 Å². The predicted octanol–water partition coefficient (Wildman–Crippen LogP) is 3.30. The van der Waals surface area contributed by atoms with Crippen LogP contribution in [0.1, 0.15) is 17.3 Å². The number of aromatic nitrogens is 1. The molecule has 3 N–H and O–H groups in total. The Labute approximate surface area is 121 Å². The van der Waals surface area contributed by atoms with Gasteiger partial charge in [0, 0.05) is 16.2 Å². The average Bonchev–Trinajstić information content (AvgIpc) is 2.37. The molecule has 0 spiro atoms. The van der Waals surface area contributed by atoms with Crippen molar-refractivity contribution in [2.24, 2.45) is 5.84 Å². The fourth-order valence-corrected chi connectivity index (χ4v) is 2.54. The lowest BCUT2D eigenvalue weighted by molar-refractivity contribution is 0.548. The molecule has 0 aliphatic rings. The molecule has 1 unspecified atom stereocenters. The zero-order valence-corrected chi connectivity index (χ0v) is 12.4. The topological polar surface area (TPSA) is 50.9 Å². The first-order valence-electron chi connectivity index (χ1n) is 5.15. The third-order valence-electron chi connectivity index (χ3n) is 2.52. The lowest BCUT2D eigenvalue weighted by atomic mass is 10.0. The van der Waals surface area contributed by atoms with E-state index in [0.29, 0.717) is 15.7 Å². The van der Waals surface area contributed by atoms with Crippen molar-refractivity contribution < 1.29 is 4.39 Å². The van der Waals surface area contributed by atoms with Crippen molar-refractivity contribution >= 4 is 31.9 Å². The molecule has 0 bridgehead atoms. The first-order valence-corrected chi connectivity index (χ1v) is 6.74. The first kappa shape index (κ1) is 13.6. The Kier molecular flexibility index (Phi) is 4.45. The number of pyridine rings is 1. The molecule has 1 heterocycles. The molecule has 2 aromatic rings. The molecule has 2 rings (SSSR count). The number of nitrogens with two attached hydrogens (primary N) is 1. The van der Waals surface area contributed by atoms with Gasteiger partial charge in [-0.2, -0.15) is 0 Å². The maximum absolute atomic E-state index is 14.1. The molecule has 0 saturated carbocycles. The van der Waals surface area contributed by atoms with Crippen molar-refractivity contribution in [3.8, 4) is 0 Å².